The van der Waals surface area contributed by atoms with E-state index in [1.807, 2.05) is 0 Å². The smallest absolute Gasteiger partial charge is 0.274 e. The molecule has 0 unspecified atom stereocenters. The van der Waals surface area contributed by atoms with Gasteiger partial charge in [0.05, 0.1) is 16.7 Å². The maximum atomic E-state index is 11.8. The number of carbonyl (C=O) groups excluding carboxylic acids is 1. The van der Waals surface area contributed by atoms with Crippen LogP contribution in [0.1, 0.15) is 36.2 Å². The number of H-pyrrole nitrogens is 1. The Bertz CT molecular complexity index is 396. The predicted octanol–water partition coefficient (Wildman–Crippen LogP) is 0.133. The van der Waals surface area contributed by atoms with E-state index in [0.717, 1.165) is 25.7 Å². The van der Waals surface area contributed by atoms with Gasteiger partial charge in [-0.15, -0.1) is 0 Å². The van der Waals surface area contributed by atoms with E-state index in [2.05, 4.69) is 20.7 Å². The first kappa shape index (κ1) is 11.0. The van der Waals surface area contributed by atoms with Crippen molar-refractivity contribution >= 4 is 23.1 Å². The summed E-state index contributed by atoms with van der Waals surface area (Å²) in [5.41, 5.74) is 5.42. The molecule has 1 heterocycles. The van der Waals surface area contributed by atoms with Crippen molar-refractivity contribution < 1.29 is 4.79 Å². The van der Waals surface area contributed by atoms with Gasteiger partial charge >= 0.3 is 0 Å². The number of nitrogens with one attached hydrogen (secondary N) is 2. The summed E-state index contributed by atoms with van der Waals surface area (Å²) >= 11 is 5.03. The van der Waals surface area contributed by atoms with Crippen molar-refractivity contribution in [3.63, 3.8) is 0 Å². The first-order valence-corrected chi connectivity index (χ1v) is 5.53. The van der Waals surface area contributed by atoms with Gasteiger partial charge in [0.15, 0.2) is 5.69 Å². The molecule has 0 aromatic carbocycles. The third-order valence-corrected chi connectivity index (χ3v) is 3.32. The van der Waals surface area contributed by atoms with Gasteiger partial charge in [-0.1, -0.05) is 25.1 Å². The van der Waals surface area contributed by atoms with Gasteiger partial charge in [-0.3, -0.25) is 4.79 Å². The molecule has 6 nitrogen and oxygen atoms in total. The lowest BCUT2D eigenvalue weighted by Crippen LogP contribution is -2.54. The van der Waals surface area contributed by atoms with E-state index in [4.69, 9.17) is 18.0 Å². The molecule has 1 aromatic rings. The third-order valence-electron chi connectivity index (χ3n) is 2.93. The summed E-state index contributed by atoms with van der Waals surface area (Å²) in [6, 6.07) is 0. The Balaban J connectivity index is 2.13. The van der Waals surface area contributed by atoms with Crippen molar-refractivity contribution in [1.82, 2.24) is 20.7 Å². The van der Waals surface area contributed by atoms with E-state index in [9.17, 15) is 4.79 Å². The topological polar surface area (TPSA) is 96.7 Å². The fourth-order valence-corrected chi connectivity index (χ4v) is 2.26. The monoisotopic (exact) mass is 239 g/mol. The molecule has 1 fully saturated rings. The Hall–Kier alpha value is -1.50. The Morgan fingerprint density at radius 1 is 1.56 bits per heavy atom. The average molecular weight is 239 g/mol. The van der Waals surface area contributed by atoms with Gasteiger partial charge in [0.25, 0.3) is 5.91 Å². The molecule has 0 saturated heterocycles. The van der Waals surface area contributed by atoms with Crippen LogP contribution < -0.4 is 11.1 Å². The first-order chi connectivity index (χ1) is 7.64. The minimum atomic E-state index is -0.536. The van der Waals surface area contributed by atoms with Gasteiger partial charge in [0.1, 0.15) is 0 Å². The second kappa shape index (κ2) is 4.17. The van der Waals surface area contributed by atoms with Crippen molar-refractivity contribution in [2.24, 2.45) is 5.73 Å². The zero-order valence-electron chi connectivity index (χ0n) is 8.69. The second-order valence-electron chi connectivity index (χ2n) is 3.96. The normalized spacial score (nSPS) is 18.2. The fourth-order valence-electron chi connectivity index (χ4n) is 2.00. The minimum Gasteiger partial charge on any atom is -0.391 e. The van der Waals surface area contributed by atoms with Crippen LogP contribution >= 0.6 is 12.2 Å². The number of aromatic nitrogens is 3. The van der Waals surface area contributed by atoms with Gasteiger partial charge in [-0.05, 0) is 12.8 Å². The summed E-state index contributed by atoms with van der Waals surface area (Å²) in [5.74, 6) is -0.288. The molecule has 4 N–H and O–H groups in total. The van der Waals surface area contributed by atoms with Crippen LogP contribution in [0.2, 0.25) is 0 Å². The maximum absolute atomic E-state index is 11.8. The second-order valence-corrected chi connectivity index (χ2v) is 4.40. The number of nitrogens with zero attached hydrogens (tertiary/aromatic N) is 2. The molecule has 0 radical (unpaired) electrons. The molecule has 0 aliphatic heterocycles. The molecule has 86 valence electrons. The highest BCUT2D eigenvalue weighted by molar-refractivity contribution is 7.80. The number of carbonyl (C=O) groups is 1. The molecule has 0 spiro atoms. The predicted molar refractivity (Wildman–Crippen MR) is 61.8 cm³/mol. The molecule has 1 amide bonds. The SMILES string of the molecule is NC(=S)C1(NC(=O)c2cn[nH]n2)CCCC1. The van der Waals surface area contributed by atoms with E-state index < -0.39 is 5.54 Å². The lowest BCUT2D eigenvalue weighted by atomic mass is 9.97. The highest BCUT2D eigenvalue weighted by atomic mass is 32.1. The first-order valence-electron chi connectivity index (χ1n) is 5.12. The van der Waals surface area contributed by atoms with Crippen LogP contribution in [0.3, 0.4) is 0 Å². The van der Waals surface area contributed by atoms with Crippen molar-refractivity contribution in [3.05, 3.63) is 11.9 Å². The Labute approximate surface area is 98.0 Å². The van der Waals surface area contributed by atoms with E-state index in [1.54, 1.807) is 0 Å². The van der Waals surface area contributed by atoms with Crippen LogP contribution in [0.5, 0.6) is 0 Å². The number of hydrogen-bond acceptors (Lipinski definition) is 4. The number of thiocarbonyl (C=S) groups is 1. The third kappa shape index (κ3) is 1.90. The van der Waals surface area contributed by atoms with E-state index in [-0.39, 0.29) is 11.6 Å². The average Bonchev–Trinajstić information content (AvgIpc) is 2.88. The van der Waals surface area contributed by atoms with Gasteiger partial charge < -0.3 is 11.1 Å². The van der Waals surface area contributed by atoms with E-state index in [1.165, 1.54) is 6.20 Å². The highest BCUT2D eigenvalue weighted by Crippen LogP contribution is 2.30. The molecule has 0 bridgehead atoms. The zero-order valence-corrected chi connectivity index (χ0v) is 9.51. The van der Waals surface area contributed by atoms with Crippen molar-refractivity contribution in [3.8, 4) is 0 Å². The molecule has 16 heavy (non-hydrogen) atoms. The lowest BCUT2D eigenvalue weighted by molar-refractivity contribution is 0.0919. The molecule has 1 aromatic heterocycles. The quantitative estimate of drug-likeness (QED) is 0.652. The molecule has 1 aliphatic rings. The van der Waals surface area contributed by atoms with Gasteiger partial charge in [-0.2, -0.15) is 15.4 Å². The molecule has 2 rings (SSSR count). The summed E-state index contributed by atoms with van der Waals surface area (Å²) in [5, 5.41) is 12.6. The molecular formula is C9H13N5OS. The number of amides is 1. The Kier molecular flexibility index (Phi) is 2.86. The lowest BCUT2D eigenvalue weighted by Gasteiger charge is -2.28. The molecule has 1 saturated carbocycles. The van der Waals surface area contributed by atoms with Crippen LogP contribution in [-0.2, 0) is 0 Å². The van der Waals surface area contributed by atoms with Crippen LogP contribution in [0.15, 0.2) is 6.20 Å². The van der Waals surface area contributed by atoms with Crippen LogP contribution in [0, 0.1) is 0 Å². The van der Waals surface area contributed by atoms with E-state index >= 15 is 0 Å². The number of aromatic amines is 1. The number of hydrogen-bond donors (Lipinski definition) is 3. The summed E-state index contributed by atoms with van der Waals surface area (Å²) in [4.78, 5) is 12.2. The van der Waals surface area contributed by atoms with Crippen molar-refractivity contribution in [2.45, 2.75) is 31.2 Å². The largest absolute Gasteiger partial charge is 0.391 e. The fraction of sp³-hybridized carbons (Fsp3) is 0.556. The summed E-state index contributed by atoms with van der Waals surface area (Å²) in [7, 11) is 0. The summed E-state index contributed by atoms with van der Waals surface area (Å²) in [6.45, 7) is 0. The molecule has 1 aliphatic carbocycles. The van der Waals surface area contributed by atoms with Gasteiger partial charge in [-0.25, -0.2) is 0 Å². The maximum Gasteiger partial charge on any atom is 0.274 e. The van der Waals surface area contributed by atoms with Crippen LogP contribution in [0.25, 0.3) is 0 Å². The molecular weight excluding hydrogens is 226 g/mol. The Morgan fingerprint density at radius 3 is 2.75 bits per heavy atom. The molecule has 0 atom stereocenters. The number of nitrogens with two attached hydrogens (primary N) is 1. The van der Waals surface area contributed by atoms with Crippen molar-refractivity contribution in [2.75, 3.05) is 0 Å². The minimum absolute atomic E-state index is 0.252. The van der Waals surface area contributed by atoms with Crippen LogP contribution in [-0.4, -0.2) is 31.8 Å². The highest BCUT2D eigenvalue weighted by Gasteiger charge is 2.38. The standard InChI is InChI=1S/C9H13N5OS/c10-8(16)9(3-1-2-4-9)12-7(15)6-5-11-14-13-6/h5H,1-4H2,(H2,10,16)(H,12,15)(H,11,13,14). The summed E-state index contributed by atoms with van der Waals surface area (Å²) in [6.07, 6.45) is 5.02. The van der Waals surface area contributed by atoms with Crippen LogP contribution in [0.4, 0.5) is 0 Å². The Morgan fingerprint density at radius 2 is 2.25 bits per heavy atom. The van der Waals surface area contributed by atoms with Crippen molar-refractivity contribution in [1.29, 1.82) is 0 Å². The van der Waals surface area contributed by atoms with E-state index in [0.29, 0.717) is 4.99 Å². The van der Waals surface area contributed by atoms with Gasteiger partial charge in [0.2, 0.25) is 0 Å². The number of rotatable bonds is 3. The molecule has 7 heteroatoms. The van der Waals surface area contributed by atoms with Gasteiger partial charge in [0, 0.05) is 0 Å². The summed E-state index contributed by atoms with van der Waals surface area (Å²) < 4.78 is 0. The zero-order chi connectivity index (χ0) is 11.6.